The Morgan fingerprint density at radius 1 is 1.00 bits per heavy atom. The zero-order valence-electron chi connectivity index (χ0n) is 17.4. The Balaban J connectivity index is 1.68. The summed E-state index contributed by atoms with van der Waals surface area (Å²) >= 11 is 1.50. The highest BCUT2D eigenvalue weighted by Crippen LogP contribution is 2.29. The molecule has 0 bridgehead atoms. The Bertz CT molecular complexity index is 971. The van der Waals surface area contributed by atoms with Gasteiger partial charge in [-0.2, -0.15) is 0 Å². The van der Waals surface area contributed by atoms with Gasteiger partial charge in [0.15, 0.2) is 0 Å². The normalized spacial score (nSPS) is 15.2. The van der Waals surface area contributed by atoms with Gasteiger partial charge in [0.25, 0.3) is 5.91 Å². The third kappa shape index (κ3) is 5.39. The Kier molecular flexibility index (Phi) is 7.10. The average Bonchev–Trinajstić information content (AvgIpc) is 3.34. The number of hydrogen-bond acceptors (Lipinski definition) is 4. The minimum Gasteiger partial charge on any atom is -0.351 e. The summed E-state index contributed by atoms with van der Waals surface area (Å²) in [5, 5.41) is 5.18. The number of carbonyl (C=O) groups is 2. The van der Waals surface area contributed by atoms with E-state index in [-0.39, 0.29) is 17.9 Å². The van der Waals surface area contributed by atoms with Crippen molar-refractivity contribution >= 4 is 23.2 Å². The maximum atomic E-state index is 13.6. The van der Waals surface area contributed by atoms with Crippen LogP contribution in [0.25, 0.3) is 0 Å². The van der Waals surface area contributed by atoms with Crippen LogP contribution < -0.4 is 5.32 Å². The molecule has 1 unspecified atom stereocenters. The number of hydrogen-bond donors (Lipinski definition) is 1. The predicted molar refractivity (Wildman–Crippen MR) is 123 cm³/mol. The van der Waals surface area contributed by atoms with E-state index in [0.717, 1.165) is 36.1 Å². The number of thiophene rings is 1. The number of nitrogens with zero attached hydrogens (tertiary/aromatic N) is 2. The molecule has 4 rings (SSSR count). The predicted octanol–water partition coefficient (Wildman–Crippen LogP) is 4.98. The number of benzene rings is 1. The van der Waals surface area contributed by atoms with Crippen molar-refractivity contribution in [2.24, 2.45) is 0 Å². The minimum atomic E-state index is -0.698. The van der Waals surface area contributed by atoms with Crippen LogP contribution in [-0.2, 0) is 11.3 Å². The fourth-order valence-corrected chi connectivity index (χ4v) is 4.93. The van der Waals surface area contributed by atoms with Crippen LogP contribution in [0.5, 0.6) is 0 Å². The molecule has 160 valence electrons. The molecule has 0 aliphatic heterocycles. The molecule has 6 heteroatoms. The van der Waals surface area contributed by atoms with Crippen molar-refractivity contribution in [3.8, 4) is 0 Å². The standard InChI is InChI=1S/C25H27N3O2S/c29-24(27-20-12-5-2-6-13-20)23(22-15-9-17-31-22)28(18-19-10-3-1-4-11-19)25(30)21-14-7-8-16-26-21/h1,3-4,7-11,14-17,20,23H,2,5-6,12-13,18H2,(H,27,29). The number of rotatable bonds is 7. The summed E-state index contributed by atoms with van der Waals surface area (Å²) in [5.74, 6) is -0.365. The summed E-state index contributed by atoms with van der Waals surface area (Å²) < 4.78 is 0. The molecule has 1 saturated carbocycles. The van der Waals surface area contributed by atoms with Gasteiger partial charge in [0.05, 0.1) is 0 Å². The van der Waals surface area contributed by atoms with Crippen LogP contribution in [0.2, 0.25) is 0 Å². The molecule has 1 fully saturated rings. The molecular weight excluding hydrogens is 406 g/mol. The molecule has 2 heterocycles. The average molecular weight is 434 g/mol. The van der Waals surface area contributed by atoms with Crippen molar-refractivity contribution in [1.82, 2.24) is 15.2 Å². The van der Waals surface area contributed by atoms with Crippen molar-refractivity contribution in [1.29, 1.82) is 0 Å². The molecule has 1 aliphatic rings. The van der Waals surface area contributed by atoms with E-state index < -0.39 is 6.04 Å². The van der Waals surface area contributed by atoms with E-state index in [4.69, 9.17) is 0 Å². The van der Waals surface area contributed by atoms with Crippen LogP contribution in [0, 0.1) is 0 Å². The molecule has 2 amide bonds. The van der Waals surface area contributed by atoms with Crippen LogP contribution >= 0.6 is 11.3 Å². The van der Waals surface area contributed by atoms with E-state index in [2.05, 4.69) is 10.3 Å². The van der Waals surface area contributed by atoms with Crippen molar-refractivity contribution in [3.05, 3.63) is 88.4 Å². The van der Waals surface area contributed by atoms with Gasteiger partial charge in [0.2, 0.25) is 5.91 Å². The topological polar surface area (TPSA) is 62.3 Å². The summed E-state index contributed by atoms with van der Waals surface area (Å²) in [6.45, 7) is 0.330. The quantitative estimate of drug-likeness (QED) is 0.572. The maximum absolute atomic E-state index is 13.6. The smallest absolute Gasteiger partial charge is 0.273 e. The summed E-state index contributed by atoms with van der Waals surface area (Å²) in [6, 6.07) is 18.4. The third-order valence-corrected chi connectivity index (χ3v) is 6.59. The van der Waals surface area contributed by atoms with E-state index in [1.54, 1.807) is 29.3 Å². The molecule has 0 saturated heterocycles. The maximum Gasteiger partial charge on any atom is 0.273 e. The molecule has 1 aromatic carbocycles. The lowest BCUT2D eigenvalue weighted by atomic mass is 9.95. The van der Waals surface area contributed by atoms with E-state index >= 15 is 0 Å². The van der Waals surface area contributed by atoms with Gasteiger partial charge in [-0.15, -0.1) is 11.3 Å². The van der Waals surface area contributed by atoms with E-state index in [1.165, 1.54) is 17.8 Å². The number of pyridine rings is 1. The van der Waals surface area contributed by atoms with Crippen LogP contribution in [0.15, 0.2) is 72.2 Å². The Morgan fingerprint density at radius 3 is 2.45 bits per heavy atom. The zero-order valence-corrected chi connectivity index (χ0v) is 18.3. The first-order valence-electron chi connectivity index (χ1n) is 10.8. The van der Waals surface area contributed by atoms with Crippen LogP contribution in [0.1, 0.15) is 59.1 Å². The zero-order chi connectivity index (χ0) is 21.5. The minimum absolute atomic E-state index is 0.116. The van der Waals surface area contributed by atoms with Gasteiger partial charge in [-0.3, -0.25) is 14.6 Å². The van der Waals surface area contributed by atoms with Crippen molar-refractivity contribution < 1.29 is 9.59 Å². The second-order valence-electron chi connectivity index (χ2n) is 7.90. The first kappa shape index (κ1) is 21.2. The Hall–Kier alpha value is -2.99. The van der Waals surface area contributed by atoms with E-state index in [0.29, 0.717) is 12.2 Å². The molecule has 31 heavy (non-hydrogen) atoms. The monoisotopic (exact) mass is 433 g/mol. The lowest BCUT2D eigenvalue weighted by molar-refractivity contribution is -0.127. The molecule has 0 radical (unpaired) electrons. The molecule has 0 spiro atoms. The highest BCUT2D eigenvalue weighted by atomic mass is 32.1. The van der Waals surface area contributed by atoms with Crippen LogP contribution in [-0.4, -0.2) is 27.7 Å². The molecule has 1 aliphatic carbocycles. The summed E-state index contributed by atoms with van der Waals surface area (Å²) in [7, 11) is 0. The first-order valence-corrected chi connectivity index (χ1v) is 11.7. The van der Waals surface area contributed by atoms with Gasteiger partial charge < -0.3 is 10.2 Å². The molecular formula is C25H27N3O2S. The molecule has 1 atom stereocenters. The van der Waals surface area contributed by atoms with Gasteiger partial charge >= 0.3 is 0 Å². The number of amides is 2. The second kappa shape index (κ2) is 10.4. The highest BCUT2D eigenvalue weighted by Gasteiger charge is 2.34. The molecule has 1 N–H and O–H groups in total. The molecule has 2 aromatic heterocycles. The van der Waals surface area contributed by atoms with Crippen LogP contribution in [0.4, 0.5) is 0 Å². The summed E-state index contributed by atoms with van der Waals surface area (Å²) in [6.07, 6.45) is 7.09. The fraction of sp³-hybridized carbons (Fsp3) is 0.320. The summed E-state index contributed by atoms with van der Waals surface area (Å²) in [4.78, 5) is 33.9. The van der Waals surface area contributed by atoms with Gasteiger partial charge in [-0.25, -0.2) is 0 Å². The Labute approximate surface area is 187 Å². The third-order valence-electron chi connectivity index (χ3n) is 5.66. The number of nitrogens with one attached hydrogen (secondary N) is 1. The van der Waals surface area contributed by atoms with Crippen molar-refractivity contribution in [3.63, 3.8) is 0 Å². The SMILES string of the molecule is O=C(NC1CCCCC1)C(c1cccs1)N(Cc1ccccc1)C(=O)c1ccccn1. The molecule has 5 nitrogen and oxygen atoms in total. The lowest BCUT2D eigenvalue weighted by Crippen LogP contribution is -2.46. The van der Waals surface area contributed by atoms with E-state index in [9.17, 15) is 9.59 Å². The van der Waals surface area contributed by atoms with Crippen molar-refractivity contribution in [2.45, 2.75) is 50.7 Å². The van der Waals surface area contributed by atoms with E-state index in [1.807, 2.05) is 47.8 Å². The number of aromatic nitrogens is 1. The summed E-state index contributed by atoms with van der Waals surface area (Å²) in [5.41, 5.74) is 1.31. The van der Waals surface area contributed by atoms with Gasteiger partial charge in [-0.05, 0) is 42.0 Å². The number of carbonyl (C=O) groups excluding carboxylic acids is 2. The second-order valence-corrected chi connectivity index (χ2v) is 8.87. The van der Waals surface area contributed by atoms with Crippen LogP contribution in [0.3, 0.4) is 0 Å². The van der Waals surface area contributed by atoms with Gasteiger partial charge in [0.1, 0.15) is 11.7 Å². The van der Waals surface area contributed by atoms with Gasteiger partial charge in [-0.1, -0.05) is 61.7 Å². The largest absolute Gasteiger partial charge is 0.351 e. The molecule has 3 aromatic rings. The van der Waals surface area contributed by atoms with Crippen molar-refractivity contribution in [2.75, 3.05) is 0 Å². The fourth-order valence-electron chi connectivity index (χ4n) is 4.10. The highest BCUT2D eigenvalue weighted by molar-refractivity contribution is 7.10. The Morgan fingerprint density at radius 2 is 1.77 bits per heavy atom. The first-order chi connectivity index (χ1) is 15.2. The lowest BCUT2D eigenvalue weighted by Gasteiger charge is -2.32. The van der Waals surface area contributed by atoms with Gasteiger partial charge in [0, 0.05) is 23.7 Å².